The van der Waals surface area contributed by atoms with Crippen molar-refractivity contribution < 1.29 is 19.2 Å². The third-order valence-electron chi connectivity index (χ3n) is 6.74. The number of piperidine rings is 1. The van der Waals surface area contributed by atoms with Crippen LogP contribution in [0.4, 0.5) is 4.39 Å². The van der Waals surface area contributed by atoms with Gasteiger partial charge in [0.15, 0.2) is 6.54 Å². The Morgan fingerprint density at radius 1 is 1.10 bits per heavy atom. The Morgan fingerprint density at radius 3 is 2.62 bits per heavy atom. The van der Waals surface area contributed by atoms with Gasteiger partial charge in [-0.25, -0.2) is 4.39 Å². The first-order chi connectivity index (χ1) is 14.0. The second-order valence-corrected chi connectivity index (χ2v) is 8.58. The predicted octanol–water partition coefficient (Wildman–Crippen LogP) is 2.39. The summed E-state index contributed by atoms with van der Waals surface area (Å²) in [5, 5.41) is 14.3. The Hall–Kier alpha value is -2.24. The molecule has 1 unspecified atom stereocenters. The number of hydrogen-bond acceptors (Lipinski definition) is 2. The fourth-order valence-corrected chi connectivity index (χ4v) is 5.26. The molecule has 4 atom stereocenters. The zero-order valence-electron chi connectivity index (χ0n) is 16.7. The largest absolute Gasteiger partial charge is 0.389 e. The van der Waals surface area contributed by atoms with Gasteiger partial charge in [0.2, 0.25) is 0 Å². The summed E-state index contributed by atoms with van der Waals surface area (Å²) in [6, 6.07) is 16.5. The number of fused-ring (bicyclic) bond motifs is 1. The van der Waals surface area contributed by atoms with Crippen molar-refractivity contribution in [2.45, 2.75) is 50.3 Å². The molecule has 2 aliphatic rings. The average molecular weight is 398 g/mol. The van der Waals surface area contributed by atoms with Crippen LogP contribution in [-0.4, -0.2) is 29.7 Å². The van der Waals surface area contributed by atoms with Gasteiger partial charge in [0.25, 0.3) is 5.91 Å². The van der Waals surface area contributed by atoms with Crippen molar-refractivity contribution in [1.29, 1.82) is 0 Å². The van der Waals surface area contributed by atoms with Crippen LogP contribution in [0.2, 0.25) is 0 Å². The van der Waals surface area contributed by atoms with E-state index in [0.717, 1.165) is 49.8 Å². The molecular formula is C24H30FN2O2+. The van der Waals surface area contributed by atoms with E-state index in [1.54, 1.807) is 0 Å². The van der Waals surface area contributed by atoms with Crippen molar-refractivity contribution in [2.75, 3.05) is 13.1 Å². The predicted molar refractivity (Wildman–Crippen MR) is 110 cm³/mol. The lowest BCUT2D eigenvalue weighted by molar-refractivity contribution is -0.937. The lowest BCUT2D eigenvalue weighted by Gasteiger charge is -2.50. The van der Waals surface area contributed by atoms with Crippen molar-refractivity contribution in [3.05, 3.63) is 71.5 Å². The molecule has 4 nitrogen and oxygen atoms in total. The van der Waals surface area contributed by atoms with E-state index in [1.165, 1.54) is 17.0 Å². The van der Waals surface area contributed by atoms with Gasteiger partial charge in [0, 0.05) is 24.4 Å². The van der Waals surface area contributed by atoms with E-state index in [4.69, 9.17) is 0 Å². The monoisotopic (exact) mass is 397 g/mol. The van der Waals surface area contributed by atoms with Crippen LogP contribution in [-0.2, 0) is 11.3 Å². The number of hydrogen-bond donors (Lipinski definition) is 3. The summed E-state index contributed by atoms with van der Waals surface area (Å²) < 4.78 is 13.5. The first kappa shape index (κ1) is 20.0. The molecule has 4 rings (SSSR count). The summed E-state index contributed by atoms with van der Waals surface area (Å²) in [7, 11) is 0. The number of rotatable bonds is 5. The molecule has 3 N–H and O–H groups in total. The average Bonchev–Trinajstić information content (AvgIpc) is 2.74. The fourth-order valence-electron chi connectivity index (χ4n) is 5.26. The maximum absolute atomic E-state index is 13.5. The molecule has 1 aliphatic heterocycles. The minimum absolute atomic E-state index is 0.0112. The highest BCUT2D eigenvalue weighted by atomic mass is 19.1. The minimum Gasteiger partial charge on any atom is -0.389 e. The molecule has 1 aliphatic carbocycles. The lowest BCUT2D eigenvalue weighted by atomic mass is 9.66. The van der Waals surface area contributed by atoms with E-state index in [-0.39, 0.29) is 23.7 Å². The molecule has 0 aromatic heterocycles. The second kappa shape index (κ2) is 8.64. The fraction of sp³-hybridized carbons (Fsp3) is 0.458. The molecular weight excluding hydrogens is 367 g/mol. The molecule has 1 saturated heterocycles. The van der Waals surface area contributed by atoms with Crippen LogP contribution in [0.15, 0.2) is 54.6 Å². The minimum atomic E-state index is -0.665. The summed E-state index contributed by atoms with van der Waals surface area (Å²) in [6.07, 6.45) is 4.64. The highest BCUT2D eigenvalue weighted by Crippen LogP contribution is 2.43. The maximum Gasteiger partial charge on any atom is 0.275 e. The number of amides is 1. The van der Waals surface area contributed by atoms with Crippen molar-refractivity contribution in [3.8, 4) is 0 Å². The van der Waals surface area contributed by atoms with Crippen molar-refractivity contribution in [2.24, 2.45) is 5.92 Å². The zero-order chi connectivity index (χ0) is 20.3. The van der Waals surface area contributed by atoms with Crippen LogP contribution >= 0.6 is 0 Å². The van der Waals surface area contributed by atoms with Crippen LogP contribution in [0.25, 0.3) is 0 Å². The van der Waals surface area contributed by atoms with Crippen LogP contribution in [0.3, 0.4) is 0 Å². The van der Waals surface area contributed by atoms with E-state index in [0.29, 0.717) is 13.1 Å². The summed E-state index contributed by atoms with van der Waals surface area (Å²) in [4.78, 5) is 13.9. The highest BCUT2D eigenvalue weighted by Gasteiger charge is 2.51. The maximum atomic E-state index is 13.5. The molecule has 0 bridgehead atoms. The molecule has 5 heteroatoms. The van der Waals surface area contributed by atoms with Gasteiger partial charge in [-0.2, -0.15) is 0 Å². The van der Waals surface area contributed by atoms with E-state index < -0.39 is 5.60 Å². The smallest absolute Gasteiger partial charge is 0.275 e. The van der Waals surface area contributed by atoms with Gasteiger partial charge >= 0.3 is 0 Å². The molecule has 2 fully saturated rings. The van der Waals surface area contributed by atoms with Crippen molar-refractivity contribution >= 4 is 5.91 Å². The molecule has 1 saturated carbocycles. The molecule has 0 spiro atoms. The van der Waals surface area contributed by atoms with Crippen LogP contribution < -0.4 is 10.2 Å². The molecule has 1 heterocycles. The molecule has 2 aromatic carbocycles. The number of carbonyl (C=O) groups is 1. The number of halogens is 1. The molecule has 154 valence electrons. The zero-order valence-corrected chi connectivity index (χ0v) is 16.7. The van der Waals surface area contributed by atoms with Crippen LogP contribution in [0.5, 0.6) is 0 Å². The number of carbonyl (C=O) groups excluding carboxylic acids is 1. The first-order valence-corrected chi connectivity index (χ1v) is 10.7. The summed E-state index contributed by atoms with van der Waals surface area (Å²) in [5.41, 5.74) is 1.43. The van der Waals surface area contributed by atoms with Gasteiger partial charge in [-0.15, -0.1) is 0 Å². The Labute approximate surface area is 171 Å². The van der Waals surface area contributed by atoms with E-state index in [2.05, 4.69) is 5.32 Å². The highest BCUT2D eigenvalue weighted by molar-refractivity contribution is 5.76. The van der Waals surface area contributed by atoms with E-state index in [9.17, 15) is 14.3 Å². The Bertz CT molecular complexity index is 827. The lowest BCUT2D eigenvalue weighted by Crippen LogP contribution is -3.16. The van der Waals surface area contributed by atoms with E-state index >= 15 is 0 Å². The third kappa shape index (κ3) is 4.51. The summed E-state index contributed by atoms with van der Waals surface area (Å²) in [6.45, 7) is 1.62. The number of likely N-dealkylation sites (tertiary alicyclic amines) is 1. The third-order valence-corrected chi connectivity index (χ3v) is 6.74. The van der Waals surface area contributed by atoms with Gasteiger partial charge in [0.1, 0.15) is 11.9 Å². The van der Waals surface area contributed by atoms with Crippen LogP contribution in [0, 0.1) is 11.7 Å². The van der Waals surface area contributed by atoms with Gasteiger partial charge in [-0.3, -0.25) is 4.79 Å². The van der Waals surface area contributed by atoms with E-state index in [1.807, 2.05) is 42.5 Å². The SMILES string of the molecule is O=C(C[NH+]1CC[C@]2(O)CCCC[C@@H]2[C@@H]1c1ccc(F)cc1)NCc1ccccc1. The number of nitrogens with one attached hydrogen (secondary N) is 2. The Balaban J connectivity index is 1.51. The standard InChI is InChI=1S/C24H29FN2O2/c25-20-11-9-19(10-12-20)23-21-8-4-5-13-24(21,29)14-15-27(23)17-22(28)26-16-18-6-2-1-3-7-18/h1-3,6-7,9-12,21,23,29H,4-5,8,13-17H2,(H,26,28)/p+1/t21-,23+,24-/m1/s1. The summed E-state index contributed by atoms with van der Waals surface area (Å²) >= 11 is 0. The summed E-state index contributed by atoms with van der Waals surface area (Å²) in [5.74, 6) is -0.143. The van der Waals surface area contributed by atoms with Crippen LogP contribution in [0.1, 0.15) is 49.3 Å². The van der Waals surface area contributed by atoms with Crippen molar-refractivity contribution in [3.63, 3.8) is 0 Å². The Kier molecular flexibility index (Phi) is 5.97. The number of aliphatic hydroxyl groups is 1. The van der Waals surface area contributed by atoms with Gasteiger partial charge < -0.3 is 15.3 Å². The van der Waals surface area contributed by atoms with Gasteiger partial charge in [-0.05, 0) is 30.5 Å². The normalized spacial score (nSPS) is 29.1. The van der Waals surface area contributed by atoms with Crippen molar-refractivity contribution in [1.82, 2.24) is 5.32 Å². The topological polar surface area (TPSA) is 53.8 Å². The second-order valence-electron chi connectivity index (χ2n) is 8.58. The quantitative estimate of drug-likeness (QED) is 0.726. The first-order valence-electron chi connectivity index (χ1n) is 10.7. The van der Waals surface area contributed by atoms with Gasteiger partial charge in [-0.1, -0.05) is 55.3 Å². The molecule has 0 radical (unpaired) electrons. The molecule has 2 aromatic rings. The Morgan fingerprint density at radius 2 is 1.86 bits per heavy atom. The van der Waals surface area contributed by atoms with Gasteiger partial charge in [0.05, 0.1) is 12.1 Å². The molecule has 1 amide bonds. The number of quaternary nitrogens is 1. The molecule has 29 heavy (non-hydrogen) atoms. The number of benzene rings is 2.